The lowest BCUT2D eigenvalue weighted by molar-refractivity contribution is -0.141. The van der Waals surface area contributed by atoms with Gasteiger partial charge in [0.05, 0.1) is 0 Å². The second-order valence-corrected chi connectivity index (χ2v) is 4.85. The smallest absolute Gasteiger partial charge is 0.326 e. The van der Waals surface area contributed by atoms with Crippen LogP contribution in [0.5, 0.6) is 11.5 Å². The fourth-order valence-electron chi connectivity index (χ4n) is 2.00. The van der Waals surface area contributed by atoms with E-state index < -0.39 is 12.0 Å². The maximum absolute atomic E-state index is 11.1. The van der Waals surface area contributed by atoms with E-state index in [-0.39, 0.29) is 12.3 Å². The van der Waals surface area contributed by atoms with Crippen molar-refractivity contribution >= 4 is 11.9 Å². The van der Waals surface area contributed by atoms with Gasteiger partial charge in [0, 0.05) is 13.3 Å². The van der Waals surface area contributed by atoms with Gasteiger partial charge in [-0.3, -0.25) is 4.79 Å². The molecule has 0 aliphatic carbocycles. The van der Waals surface area contributed by atoms with Gasteiger partial charge >= 0.3 is 5.97 Å². The standard InChI is InChI=1S/C17H17NO4/c1-12(19)18-16(17(20)21)11-13-7-9-15(10-8-13)22-14-5-3-2-4-6-14/h2-10,16H,11H2,1H3,(H,18,19)(H,20,21)/t16-/m0/s1. The molecular formula is C17H17NO4. The van der Waals surface area contributed by atoms with E-state index in [2.05, 4.69) is 5.32 Å². The minimum atomic E-state index is -1.06. The summed E-state index contributed by atoms with van der Waals surface area (Å²) in [6.07, 6.45) is 0.223. The highest BCUT2D eigenvalue weighted by atomic mass is 16.5. The zero-order valence-corrected chi connectivity index (χ0v) is 12.2. The van der Waals surface area contributed by atoms with Crippen molar-refractivity contribution in [3.8, 4) is 11.5 Å². The summed E-state index contributed by atoms with van der Waals surface area (Å²) in [6.45, 7) is 1.30. The van der Waals surface area contributed by atoms with Crippen molar-refractivity contribution in [2.24, 2.45) is 0 Å². The van der Waals surface area contributed by atoms with Crippen LogP contribution in [0.25, 0.3) is 0 Å². The maximum atomic E-state index is 11.1. The zero-order chi connectivity index (χ0) is 15.9. The van der Waals surface area contributed by atoms with E-state index in [1.165, 1.54) is 6.92 Å². The van der Waals surface area contributed by atoms with E-state index in [0.717, 1.165) is 11.3 Å². The van der Waals surface area contributed by atoms with E-state index in [1.807, 2.05) is 30.3 Å². The Morgan fingerprint density at radius 2 is 1.64 bits per heavy atom. The summed E-state index contributed by atoms with van der Waals surface area (Å²) in [4.78, 5) is 22.1. The normalized spacial score (nSPS) is 11.5. The van der Waals surface area contributed by atoms with Gasteiger partial charge in [-0.25, -0.2) is 4.79 Å². The predicted octanol–water partition coefficient (Wildman–Crippen LogP) is 2.61. The van der Waals surface area contributed by atoms with Gasteiger partial charge in [-0.05, 0) is 29.8 Å². The predicted molar refractivity (Wildman–Crippen MR) is 81.9 cm³/mol. The first-order valence-electron chi connectivity index (χ1n) is 6.86. The van der Waals surface area contributed by atoms with Crippen molar-refractivity contribution in [1.82, 2.24) is 5.32 Å². The number of carbonyl (C=O) groups is 2. The van der Waals surface area contributed by atoms with Crippen LogP contribution in [0.3, 0.4) is 0 Å². The number of hydrogen-bond donors (Lipinski definition) is 2. The SMILES string of the molecule is CC(=O)N[C@@H](Cc1ccc(Oc2ccccc2)cc1)C(=O)O. The first-order chi connectivity index (χ1) is 10.5. The van der Waals surface area contributed by atoms with Gasteiger partial charge in [0.2, 0.25) is 5.91 Å². The van der Waals surface area contributed by atoms with E-state index in [1.54, 1.807) is 24.3 Å². The molecule has 0 radical (unpaired) electrons. The Labute approximate surface area is 128 Å². The third-order valence-electron chi connectivity index (χ3n) is 3.02. The van der Waals surface area contributed by atoms with Gasteiger partial charge < -0.3 is 15.2 Å². The van der Waals surface area contributed by atoms with E-state index in [0.29, 0.717) is 5.75 Å². The van der Waals surface area contributed by atoms with Crippen LogP contribution in [0.1, 0.15) is 12.5 Å². The van der Waals surface area contributed by atoms with Crippen LogP contribution in [0, 0.1) is 0 Å². The summed E-state index contributed by atoms with van der Waals surface area (Å²) in [5, 5.41) is 11.5. The third-order valence-corrected chi connectivity index (χ3v) is 3.02. The third kappa shape index (κ3) is 4.63. The molecule has 0 bridgehead atoms. The molecule has 0 heterocycles. The molecule has 0 aliphatic rings. The number of carboxylic acids is 1. The highest BCUT2D eigenvalue weighted by Crippen LogP contribution is 2.21. The largest absolute Gasteiger partial charge is 0.480 e. The Balaban J connectivity index is 2.02. The first kappa shape index (κ1) is 15.6. The fourth-order valence-corrected chi connectivity index (χ4v) is 2.00. The average molecular weight is 299 g/mol. The van der Waals surface area contributed by atoms with Gasteiger partial charge in [0.25, 0.3) is 0 Å². The number of aliphatic carboxylic acids is 1. The molecule has 1 atom stereocenters. The lowest BCUT2D eigenvalue weighted by atomic mass is 10.1. The molecule has 0 aliphatic heterocycles. The number of carbonyl (C=O) groups excluding carboxylic acids is 1. The number of para-hydroxylation sites is 1. The average Bonchev–Trinajstić information content (AvgIpc) is 2.49. The molecule has 0 saturated heterocycles. The molecule has 0 fully saturated rings. The van der Waals surface area contributed by atoms with Crippen molar-refractivity contribution in [3.05, 3.63) is 60.2 Å². The molecule has 114 valence electrons. The molecule has 5 nitrogen and oxygen atoms in total. The molecule has 2 aromatic rings. The first-order valence-corrected chi connectivity index (χ1v) is 6.86. The highest BCUT2D eigenvalue weighted by Gasteiger charge is 2.18. The lowest BCUT2D eigenvalue weighted by Crippen LogP contribution is -2.41. The van der Waals surface area contributed by atoms with E-state index in [9.17, 15) is 9.59 Å². The Hall–Kier alpha value is -2.82. The minimum absolute atomic E-state index is 0.223. The van der Waals surface area contributed by atoms with E-state index in [4.69, 9.17) is 9.84 Å². The number of carboxylic acid groups (broad SMARTS) is 1. The molecule has 2 N–H and O–H groups in total. The summed E-state index contributed by atoms with van der Waals surface area (Å²) < 4.78 is 5.66. The lowest BCUT2D eigenvalue weighted by Gasteiger charge is -2.13. The van der Waals surface area contributed by atoms with Crippen LogP contribution in [0.4, 0.5) is 0 Å². The van der Waals surface area contributed by atoms with Gasteiger partial charge in [0.15, 0.2) is 0 Å². The Bertz CT molecular complexity index is 637. The quantitative estimate of drug-likeness (QED) is 0.859. The summed E-state index contributed by atoms with van der Waals surface area (Å²) in [5.74, 6) is -0.0190. The zero-order valence-electron chi connectivity index (χ0n) is 12.2. The number of rotatable bonds is 6. The Morgan fingerprint density at radius 3 is 2.18 bits per heavy atom. The van der Waals surface area contributed by atoms with Crippen LogP contribution >= 0.6 is 0 Å². The summed E-state index contributed by atoms with van der Waals surface area (Å²) in [7, 11) is 0. The number of nitrogens with one attached hydrogen (secondary N) is 1. The molecule has 22 heavy (non-hydrogen) atoms. The monoisotopic (exact) mass is 299 g/mol. The summed E-state index contributed by atoms with van der Waals surface area (Å²) >= 11 is 0. The van der Waals surface area contributed by atoms with Crippen LogP contribution in [-0.4, -0.2) is 23.0 Å². The van der Waals surface area contributed by atoms with Gasteiger partial charge in [-0.2, -0.15) is 0 Å². The molecule has 0 aromatic heterocycles. The van der Waals surface area contributed by atoms with Crippen LogP contribution < -0.4 is 10.1 Å². The number of hydrogen-bond acceptors (Lipinski definition) is 3. The topological polar surface area (TPSA) is 75.6 Å². The molecule has 5 heteroatoms. The summed E-state index contributed by atoms with van der Waals surface area (Å²) in [5.41, 5.74) is 0.807. The molecule has 1 amide bonds. The van der Waals surface area contributed by atoms with Crippen LogP contribution in [-0.2, 0) is 16.0 Å². The van der Waals surface area contributed by atoms with Crippen molar-refractivity contribution in [1.29, 1.82) is 0 Å². The van der Waals surface area contributed by atoms with Crippen molar-refractivity contribution < 1.29 is 19.4 Å². The minimum Gasteiger partial charge on any atom is -0.480 e. The summed E-state index contributed by atoms with van der Waals surface area (Å²) in [6, 6.07) is 15.6. The van der Waals surface area contributed by atoms with Crippen molar-refractivity contribution in [2.45, 2.75) is 19.4 Å². The van der Waals surface area contributed by atoms with E-state index >= 15 is 0 Å². The fraction of sp³-hybridized carbons (Fsp3) is 0.176. The van der Waals surface area contributed by atoms with Gasteiger partial charge in [-0.1, -0.05) is 30.3 Å². The Morgan fingerprint density at radius 1 is 1.05 bits per heavy atom. The number of benzene rings is 2. The molecule has 0 spiro atoms. The van der Waals surface area contributed by atoms with Crippen LogP contribution in [0.2, 0.25) is 0 Å². The Kier molecular flexibility index (Phi) is 5.14. The molecular weight excluding hydrogens is 282 g/mol. The van der Waals surface area contributed by atoms with Crippen LogP contribution in [0.15, 0.2) is 54.6 Å². The molecule has 2 aromatic carbocycles. The number of ether oxygens (including phenoxy) is 1. The second kappa shape index (κ2) is 7.26. The molecule has 2 rings (SSSR count). The van der Waals surface area contributed by atoms with Gasteiger partial charge in [0.1, 0.15) is 17.5 Å². The molecule has 0 unspecified atom stereocenters. The second-order valence-electron chi connectivity index (χ2n) is 4.85. The number of amides is 1. The van der Waals surface area contributed by atoms with Gasteiger partial charge in [-0.15, -0.1) is 0 Å². The maximum Gasteiger partial charge on any atom is 0.326 e. The molecule has 0 saturated carbocycles. The highest BCUT2D eigenvalue weighted by molar-refractivity contribution is 5.82. The van der Waals surface area contributed by atoms with Crippen molar-refractivity contribution in [2.75, 3.05) is 0 Å². The van der Waals surface area contributed by atoms with Crippen molar-refractivity contribution in [3.63, 3.8) is 0 Å².